The average Bonchev–Trinajstić information content (AvgIpc) is 3.33. The molecule has 0 spiro atoms. The number of hydrogen-bond donors (Lipinski definition) is 2. The lowest BCUT2D eigenvalue weighted by Crippen LogP contribution is -2.39. The van der Waals surface area contributed by atoms with Gasteiger partial charge in [0.15, 0.2) is 5.65 Å². The van der Waals surface area contributed by atoms with Crippen molar-refractivity contribution in [3.05, 3.63) is 65.3 Å². The fourth-order valence-electron chi connectivity index (χ4n) is 4.61. The summed E-state index contributed by atoms with van der Waals surface area (Å²) in [5, 5.41) is 13.5. The van der Waals surface area contributed by atoms with Gasteiger partial charge < -0.3 is 20.1 Å². The first kappa shape index (κ1) is 29.5. The van der Waals surface area contributed by atoms with E-state index in [1.54, 1.807) is 0 Å². The first-order valence-corrected chi connectivity index (χ1v) is 18.4. The first-order valence-electron chi connectivity index (χ1n) is 14.3. The van der Waals surface area contributed by atoms with Crippen LogP contribution in [0.25, 0.3) is 22.3 Å². The summed E-state index contributed by atoms with van der Waals surface area (Å²) in [4.78, 5) is 11.9. The van der Waals surface area contributed by atoms with Crippen LogP contribution < -0.4 is 10.6 Å². The fraction of sp³-hybridized carbons (Fsp3) is 0.433. The Morgan fingerprint density at radius 3 is 2.63 bits per heavy atom. The van der Waals surface area contributed by atoms with Gasteiger partial charge in [-0.25, -0.2) is 9.67 Å². The van der Waals surface area contributed by atoms with Crippen molar-refractivity contribution in [3.63, 3.8) is 0 Å². The van der Waals surface area contributed by atoms with Gasteiger partial charge in [-0.05, 0) is 35.9 Å². The minimum Gasteiger partial charge on any atom is -0.381 e. The number of fused-ring (bicyclic) bond motifs is 1. The Kier molecular flexibility index (Phi) is 9.89. The fourth-order valence-corrected chi connectivity index (χ4v) is 5.49. The Morgan fingerprint density at radius 2 is 1.85 bits per heavy atom. The summed E-state index contributed by atoms with van der Waals surface area (Å²) in [6, 6.07) is 17.3. The molecule has 2 aromatic carbocycles. The lowest BCUT2D eigenvalue weighted by atomic mass is 10.1. The number of morpholine rings is 1. The van der Waals surface area contributed by atoms with E-state index in [0.717, 1.165) is 84.0 Å². The molecule has 41 heavy (non-hydrogen) atoms. The maximum absolute atomic E-state index is 6.09. The molecule has 4 aromatic rings. The monoisotopic (exact) mass is 593 g/mol. The Morgan fingerprint density at radius 1 is 1.05 bits per heavy atom. The van der Waals surface area contributed by atoms with Gasteiger partial charge in [0.25, 0.3) is 0 Å². The number of nitrogens with zero attached hydrogens (tertiary/aromatic N) is 5. The molecule has 3 heterocycles. The molecule has 1 aliphatic rings. The lowest BCUT2D eigenvalue weighted by molar-refractivity contribution is 0.0398. The topological polar surface area (TPSA) is 89.4 Å². The average molecular weight is 594 g/mol. The van der Waals surface area contributed by atoms with E-state index in [1.807, 2.05) is 41.2 Å². The molecular weight excluding hydrogens is 554 g/mol. The van der Waals surface area contributed by atoms with Crippen molar-refractivity contribution in [1.82, 2.24) is 24.6 Å². The Bertz CT molecular complexity index is 1420. The zero-order valence-corrected chi connectivity index (χ0v) is 26.0. The maximum Gasteiger partial charge on any atom is 0.224 e. The molecule has 1 aliphatic heterocycles. The van der Waals surface area contributed by atoms with Crippen molar-refractivity contribution in [1.29, 1.82) is 0 Å². The quantitative estimate of drug-likeness (QED) is 0.148. The lowest BCUT2D eigenvalue weighted by Gasteiger charge is -2.26. The van der Waals surface area contributed by atoms with Crippen LogP contribution in [0, 0.1) is 0 Å². The molecule has 2 N–H and O–H groups in total. The van der Waals surface area contributed by atoms with Crippen LogP contribution >= 0.6 is 11.6 Å². The highest BCUT2D eigenvalue weighted by molar-refractivity contribution is 6.76. The Labute approximate surface area is 248 Å². The van der Waals surface area contributed by atoms with Crippen molar-refractivity contribution in [2.24, 2.45) is 0 Å². The highest BCUT2D eigenvalue weighted by atomic mass is 35.5. The van der Waals surface area contributed by atoms with Crippen LogP contribution in [0.1, 0.15) is 5.56 Å². The van der Waals surface area contributed by atoms with E-state index in [-0.39, 0.29) is 0 Å². The number of halogens is 1. The SMILES string of the molecule is C[Si](C)(C)CCOCn1nc(-c2cccc(NCc3ccc(Cl)cc3)c2)c2cnc(NCCN3CCOCC3)nc21. The van der Waals surface area contributed by atoms with Crippen LogP contribution in [-0.4, -0.2) is 78.7 Å². The number of nitrogens with one attached hydrogen (secondary N) is 2. The third kappa shape index (κ3) is 8.49. The molecule has 0 aliphatic carbocycles. The molecule has 9 nitrogen and oxygen atoms in total. The van der Waals surface area contributed by atoms with Gasteiger partial charge in [0.1, 0.15) is 12.4 Å². The highest BCUT2D eigenvalue weighted by Gasteiger charge is 2.17. The minimum atomic E-state index is -1.19. The van der Waals surface area contributed by atoms with E-state index in [9.17, 15) is 0 Å². The summed E-state index contributed by atoms with van der Waals surface area (Å²) in [6.45, 7) is 14.0. The van der Waals surface area contributed by atoms with Gasteiger partial charge in [-0.1, -0.05) is 55.5 Å². The molecular formula is C30H40ClN7O2Si. The van der Waals surface area contributed by atoms with Crippen molar-refractivity contribution in [3.8, 4) is 11.3 Å². The predicted molar refractivity (Wildman–Crippen MR) is 169 cm³/mol. The van der Waals surface area contributed by atoms with Crippen LogP contribution in [0.5, 0.6) is 0 Å². The second kappa shape index (κ2) is 13.8. The van der Waals surface area contributed by atoms with Gasteiger partial charge >= 0.3 is 0 Å². The molecule has 0 unspecified atom stereocenters. The predicted octanol–water partition coefficient (Wildman–Crippen LogP) is 5.82. The molecule has 1 saturated heterocycles. The summed E-state index contributed by atoms with van der Waals surface area (Å²) < 4.78 is 13.4. The molecule has 0 bridgehead atoms. The Hall–Kier alpha value is -3.02. The van der Waals surface area contributed by atoms with Crippen molar-refractivity contribution in [2.45, 2.75) is 39.0 Å². The van der Waals surface area contributed by atoms with E-state index in [1.165, 1.54) is 0 Å². The van der Waals surface area contributed by atoms with E-state index >= 15 is 0 Å². The molecule has 0 amide bonds. The normalized spacial score (nSPS) is 14.4. The Balaban J connectivity index is 1.34. The standard InChI is InChI=1S/C30H40ClN7O2Si/c1-41(2,3)18-17-40-22-38-29-27(21-34-30(35-29)32-11-12-37-13-15-39-16-14-37)28(36-38)24-5-4-6-26(19-24)33-20-23-7-9-25(31)10-8-23/h4-10,19,21,33H,11-18,20,22H2,1-3H3,(H,32,34,35). The minimum absolute atomic E-state index is 0.347. The van der Waals surface area contributed by atoms with Crippen LogP contribution in [0.3, 0.4) is 0 Å². The van der Waals surface area contributed by atoms with Gasteiger partial charge in [-0.15, -0.1) is 0 Å². The van der Waals surface area contributed by atoms with Crippen molar-refractivity contribution >= 4 is 42.3 Å². The second-order valence-electron chi connectivity index (χ2n) is 11.6. The summed E-state index contributed by atoms with van der Waals surface area (Å²) in [7, 11) is -1.19. The summed E-state index contributed by atoms with van der Waals surface area (Å²) in [5.74, 6) is 0.596. The van der Waals surface area contributed by atoms with E-state index < -0.39 is 8.07 Å². The summed E-state index contributed by atoms with van der Waals surface area (Å²) >= 11 is 6.04. The number of rotatable bonds is 13. The van der Waals surface area contributed by atoms with Crippen LogP contribution in [0.15, 0.2) is 54.7 Å². The van der Waals surface area contributed by atoms with E-state index in [4.69, 9.17) is 31.2 Å². The molecule has 1 fully saturated rings. The van der Waals surface area contributed by atoms with Crippen molar-refractivity contribution in [2.75, 3.05) is 56.6 Å². The molecule has 218 valence electrons. The molecule has 5 rings (SSSR count). The number of ether oxygens (including phenoxy) is 2. The van der Waals surface area contributed by atoms with Crippen LogP contribution in [0.4, 0.5) is 11.6 Å². The number of anilines is 2. The third-order valence-corrected chi connectivity index (χ3v) is 9.02. The smallest absolute Gasteiger partial charge is 0.224 e. The van der Waals surface area contributed by atoms with Gasteiger partial charge in [-0.3, -0.25) is 4.90 Å². The molecule has 11 heteroatoms. The first-order chi connectivity index (χ1) is 19.8. The van der Waals surface area contributed by atoms with Gasteiger partial charge in [-0.2, -0.15) is 10.1 Å². The maximum atomic E-state index is 6.09. The molecule has 0 saturated carbocycles. The largest absolute Gasteiger partial charge is 0.381 e. The van der Waals surface area contributed by atoms with Gasteiger partial charge in [0.05, 0.1) is 18.6 Å². The van der Waals surface area contributed by atoms with Gasteiger partial charge in [0.2, 0.25) is 5.95 Å². The third-order valence-electron chi connectivity index (χ3n) is 7.06. The second-order valence-corrected chi connectivity index (χ2v) is 17.6. The number of benzene rings is 2. The van der Waals surface area contributed by atoms with E-state index in [0.29, 0.717) is 25.8 Å². The zero-order valence-electron chi connectivity index (χ0n) is 24.2. The number of aromatic nitrogens is 4. The highest BCUT2D eigenvalue weighted by Crippen LogP contribution is 2.29. The molecule has 0 atom stereocenters. The number of hydrogen-bond acceptors (Lipinski definition) is 8. The van der Waals surface area contributed by atoms with Gasteiger partial charge in [0, 0.05) is 69.9 Å². The molecule has 2 aromatic heterocycles. The van der Waals surface area contributed by atoms with Crippen LogP contribution in [0.2, 0.25) is 30.7 Å². The molecule has 0 radical (unpaired) electrons. The summed E-state index contributed by atoms with van der Waals surface area (Å²) in [5.41, 5.74) is 4.76. The van der Waals surface area contributed by atoms with Crippen LogP contribution in [-0.2, 0) is 22.7 Å². The zero-order chi connectivity index (χ0) is 28.7. The summed E-state index contributed by atoms with van der Waals surface area (Å²) in [6.07, 6.45) is 1.87. The van der Waals surface area contributed by atoms with E-state index in [2.05, 4.69) is 58.4 Å². The van der Waals surface area contributed by atoms with Crippen molar-refractivity contribution < 1.29 is 9.47 Å².